The van der Waals surface area contributed by atoms with E-state index in [-0.39, 0.29) is 25.0 Å². The second-order valence-corrected chi connectivity index (χ2v) is 9.92. The minimum Gasteiger partial charge on any atom is -0.445 e. The first-order valence-electron chi connectivity index (χ1n) is 12.2. The number of ether oxygens (including phenoxy) is 2. The molecule has 8 heteroatoms. The Labute approximate surface area is 206 Å². The van der Waals surface area contributed by atoms with Gasteiger partial charge in [-0.25, -0.2) is 14.0 Å². The predicted octanol–water partition coefficient (Wildman–Crippen LogP) is 4.74. The van der Waals surface area contributed by atoms with E-state index in [0.717, 1.165) is 17.7 Å². The van der Waals surface area contributed by atoms with Gasteiger partial charge in [0.15, 0.2) is 0 Å². The molecule has 0 radical (unpaired) electrons. The van der Waals surface area contributed by atoms with Crippen molar-refractivity contribution in [3.63, 3.8) is 0 Å². The van der Waals surface area contributed by atoms with E-state index in [0.29, 0.717) is 25.6 Å². The van der Waals surface area contributed by atoms with Crippen LogP contribution >= 0.6 is 0 Å². The summed E-state index contributed by atoms with van der Waals surface area (Å²) in [6, 6.07) is 14.9. The number of amides is 3. The number of carbonyl (C=O) groups excluding carboxylic acids is 2. The molecular formula is C27H34FN3O4. The Kier molecular flexibility index (Phi) is 7.90. The molecule has 0 spiro atoms. The third-order valence-corrected chi connectivity index (χ3v) is 6.44. The van der Waals surface area contributed by atoms with Crippen LogP contribution in [0.4, 0.5) is 14.0 Å². The number of halogens is 1. The van der Waals surface area contributed by atoms with Crippen molar-refractivity contribution < 1.29 is 23.5 Å². The molecule has 2 aromatic carbocycles. The van der Waals surface area contributed by atoms with Crippen LogP contribution in [-0.2, 0) is 16.1 Å². The van der Waals surface area contributed by atoms with Crippen LogP contribution in [0.15, 0.2) is 54.6 Å². The first-order chi connectivity index (χ1) is 16.8. The van der Waals surface area contributed by atoms with Crippen LogP contribution in [0.3, 0.4) is 0 Å². The lowest BCUT2D eigenvalue weighted by molar-refractivity contribution is -0.00173. The highest BCUT2D eigenvalue weighted by atomic mass is 19.1. The third kappa shape index (κ3) is 6.72. The van der Waals surface area contributed by atoms with E-state index >= 15 is 0 Å². The van der Waals surface area contributed by atoms with Crippen LogP contribution in [0.2, 0.25) is 0 Å². The molecule has 1 aliphatic heterocycles. The summed E-state index contributed by atoms with van der Waals surface area (Å²) >= 11 is 0. The first-order valence-corrected chi connectivity index (χ1v) is 12.2. The van der Waals surface area contributed by atoms with Crippen LogP contribution in [0.5, 0.6) is 0 Å². The highest BCUT2D eigenvalue weighted by molar-refractivity contribution is 5.77. The molecule has 35 heavy (non-hydrogen) atoms. The molecule has 1 aliphatic carbocycles. The summed E-state index contributed by atoms with van der Waals surface area (Å²) in [5.74, 6) is 0.314. The Morgan fingerprint density at radius 2 is 1.80 bits per heavy atom. The monoisotopic (exact) mass is 483 g/mol. The van der Waals surface area contributed by atoms with Crippen molar-refractivity contribution in [3.8, 4) is 0 Å². The average Bonchev–Trinajstić information content (AvgIpc) is 3.66. The summed E-state index contributed by atoms with van der Waals surface area (Å²) in [5.41, 5.74) is 0.958. The zero-order valence-corrected chi connectivity index (χ0v) is 20.4. The molecule has 1 atom stereocenters. The van der Waals surface area contributed by atoms with Crippen molar-refractivity contribution in [1.29, 1.82) is 0 Å². The summed E-state index contributed by atoms with van der Waals surface area (Å²) in [6.45, 7) is 6.16. The molecule has 2 fully saturated rings. The fraction of sp³-hybridized carbons (Fsp3) is 0.481. The molecule has 0 bridgehead atoms. The van der Waals surface area contributed by atoms with Gasteiger partial charge < -0.3 is 24.6 Å². The van der Waals surface area contributed by atoms with Gasteiger partial charge in [-0.05, 0) is 55.9 Å². The summed E-state index contributed by atoms with van der Waals surface area (Å²) < 4.78 is 24.8. The molecule has 2 aromatic rings. The Hall–Kier alpha value is -3.13. The van der Waals surface area contributed by atoms with Crippen LogP contribution in [0, 0.1) is 11.7 Å². The van der Waals surface area contributed by atoms with E-state index in [1.54, 1.807) is 21.9 Å². The second kappa shape index (κ2) is 11.1. The maximum absolute atomic E-state index is 13.6. The van der Waals surface area contributed by atoms with Crippen molar-refractivity contribution in [3.05, 3.63) is 71.5 Å². The molecular weight excluding hydrogens is 449 g/mol. The number of rotatable bonds is 8. The fourth-order valence-electron chi connectivity index (χ4n) is 4.48. The quantitative estimate of drug-likeness (QED) is 0.551. The van der Waals surface area contributed by atoms with Crippen molar-refractivity contribution in [1.82, 2.24) is 15.1 Å². The second-order valence-electron chi connectivity index (χ2n) is 9.92. The Morgan fingerprint density at radius 3 is 2.49 bits per heavy atom. The number of benzene rings is 2. The summed E-state index contributed by atoms with van der Waals surface area (Å²) in [4.78, 5) is 29.7. The highest BCUT2D eigenvalue weighted by Crippen LogP contribution is 2.35. The van der Waals surface area contributed by atoms with Gasteiger partial charge in [0, 0.05) is 26.2 Å². The van der Waals surface area contributed by atoms with E-state index in [2.05, 4.69) is 5.32 Å². The average molecular weight is 484 g/mol. The van der Waals surface area contributed by atoms with Gasteiger partial charge in [-0.15, -0.1) is 0 Å². The zero-order valence-electron chi connectivity index (χ0n) is 20.4. The van der Waals surface area contributed by atoms with Crippen molar-refractivity contribution in [2.75, 3.05) is 32.8 Å². The molecule has 7 nitrogen and oxygen atoms in total. The van der Waals surface area contributed by atoms with Crippen molar-refractivity contribution in [2.24, 2.45) is 5.92 Å². The Bertz CT molecular complexity index is 995. The molecule has 1 heterocycles. The minimum atomic E-state index is -0.692. The van der Waals surface area contributed by atoms with Crippen LogP contribution in [0.1, 0.15) is 43.9 Å². The topological polar surface area (TPSA) is 71.1 Å². The van der Waals surface area contributed by atoms with E-state index in [4.69, 9.17) is 9.47 Å². The fourth-order valence-corrected chi connectivity index (χ4v) is 4.48. The van der Waals surface area contributed by atoms with Crippen molar-refractivity contribution >= 4 is 12.1 Å². The van der Waals surface area contributed by atoms with Gasteiger partial charge in [-0.1, -0.05) is 42.5 Å². The molecule has 2 aliphatic rings. The molecule has 1 N–H and O–H groups in total. The molecule has 1 saturated heterocycles. The summed E-state index contributed by atoms with van der Waals surface area (Å²) in [7, 11) is 0. The number of nitrogens with one attached hydrogen (secondary N) is 1. The van der Waals surface area contributed by atoms with E-state index < -0.39 is 17.7 Å². The van der Waals surface area contributed by atoms with Gasteiger partial charge in [0.25, 0.3) is 0 Å². The number of urea groups is 1. The highest BCUT2D eigenvalue weighted by Gasteiger charge is 2.45. The van der Waals surface area contributed by atoms with Crippen LogP contribution < -0.4 is 5.32 Å². The predicted molar refractivity (Wildman–Crippen MR) is 130 cm³/mol. The number of hydrogen-bond acceptors (Lipinski definition) is 4. The smallest absolute Gasteiger partial charge is 0.410 e. The Balaban J connectivity index is 1.45. The third-order valence-electron chi connectivity index (χ3n) is 6.44. The lowest BCUT2D eigenvalue weighted by atomic mass is 9.91. The maximum Gasteiger partial charge on any atom is 0.410 e. The maximum atomic E-state index is 13.6. The lowest BCUT2D eigenvalue weighted by Crippen LogP contribution is -2.65. The molecule has 4 rings (SSSR count). The van der Waals surface area contributed by atoms with Gasteiger partial charge in [-0.2, -0.15) is 0 Å². The van der Waals surface area contributed by atoms with Crippen molar-refractivity contribution in [2.45, 2.75) is 44.9 Å². The largest absolute Gasteiger partial charge is 0.445 e. The van der Waals surface area contributed by atoms with Gasteiger partial charge in [0.05, 0.1) is 18.2 Å². The summed E-state index contributed by atoms with van der Waals surface area (Å²) in [6.07, 6.45) is 2.00. The zero-order chi connectivity index (χ0) is 24.8. The molecule has 188 valence electrons. The number of hydrogen-bond donors (Lipinski definition) is 1. The van der Waals surface area contributed by atoms with E-state index in [1.165, 1.54) is 25.0 Å². The SMILES string of the molecule is CC1(C)CN(C(=O)OCc2ccccc2)CC(c2ccc(F)cc2)N1C(=O)NCCOCC1CC1. The normalized spacial score (nSPS) is 19.3. The number of carbonyl (C=O) groups is 2. The lowest BCUT2D eigenvalue weighted by Gasteiger charge is -2.51. The molecule has 1 saturated carbocycles. The standard InChI is InChI=1S/C27H34FN3O4/c1-27(2)19-30(26(33)35-18-20-6-4-3-5-7-20)16-24(22-10-12-23(28)13-11-22)31(27)25(32)29-14-15-34-17-21-8-9-21/h3-7,10-13,21,24H,8-9,14-19H2,1-2H3,(H,29,32). The van der Waals surface area contributed by atoms with Gasteiger partial charge in [0.2, 0.25) is 0 Å². The van der Waals surface area contributed by atoms with Gasteiger partial charge in [0.1, 0.15) is 12.4 Å². The Morgan fingerprint density at radius 1 is 1.09 bits per heavy atom. The van der Waals surface area contributed by atoms with Gasteiger partial charge in [-0.3, -0.25) is 0 Å². The number of piperazine rings is 1. The summed E-state index contributed by atoms with van der Waals surface area (Å²) in [5, 5.41) is 2.96. The van der Waals surface area contributed by atoms with Crippen LogP contribution in [-0.4, -0.2) is 60.3 Å². The van der Waals surface area contributed by atoms with E-state index in [9.17, 15) is 14.0 Å². The van der Waals surface area contributed by atoms with Crippen LogP contribution in [0.25, 0.3) is 0 Å². The van der Waals surface area contributed by atoms with Gasteiger partial charge >= 0.3 is 12.1 Å². The molecule has 3 amide bonds. The molecule has 0 aromatic heterocycles. The molecule has 1 unspecified atom stereocenters. The first kappa shape index (κ1) is 25.0. The van der Waals surface area contributed by atoms with E-state index in [1.807, 2.05) is 44.2 Å². The minimum absolute atomic E-state index is 0.170. The number of nitrogens with zero attached hydrogens (tertiary/aromatic N) is 2.